The summed E-state index contributed by atoms with van der Waals surface area (Å²) in [6.07, 6.45) is 2.68. The summed E-state index contributed by atoms with van der Waals surface area (Å²) in [5.74, 6) is -0.210. The van der Waals surface area contributed by atoms with Crippen LogP contribution in [0.15, 0.2) is 47.5 Å². The zero-order valence-electron chi connectivity index (χ0n) is 10.3. The van der Waals surface area contributed by atoms with Gasteiger partial charge in [0.25, 0.3) is 11.5 Å². The molecule has 0 spiro atoms. The molecule has 7 heteroatoms. The predicted octanol–water partition coefficient (Wildman–Crippen LogP) is 1.08. The quantitative estimate of drug-likeness (QED) is 0.781. The van der Waals surface area contributed by atoms with Gasteiger partial charge in [0.1, 0.15) is 11.1 Å². The first-order chi connectivity index (χ1) is 9.72. The Morgan fingerprint density at radius 1 is 1.30 bits per heavy atom. The molecule has 2 aromatic heterocycles. The first kappa shape index (κ1) is 12.5. The molecule has 0 fully saturated rings. The number of hydrogen-bond donors (Lipinski definition) is 1. The summed E-state index contributed by atoms with van der Waals surface area (Å²) >= 11 is 1.13. The number of amides is 1. The maximum atomic E-state index is 12.0. The van der Waals surface area contributed by atoms with Crippen LogP contribution in [0.25, 0.3) is 4.96 Å². The van der Waals surface area contributed by atoms with Gasteiger partial charge in [0.05, 0.1) is 6.20 Å². The van der Waals surface area contributed by atoms with Crippen LogP contribution in [0.2, 0.25) is 0 Å². The van der Waals surface area contributed by atoms with Crippen LogP contribution in [0.4, 0.5) is 0 Å². The van der Waals surface area contributed by atoms with Crippen LogP contribution in [0, 0.1) is 0 Å². The number of carbonyl (C=O) groups excluding carboxylic acids is 1. The largest absolute Gasteiger partial charge is 0.347 e. The van der Waals surface area contributed by atoms with Gasteiger partial charge in [-0.05, 0) is 5.56 Å². The second-order valence-electron chi connectivity index (χ2n) is 4.09. The van der Waals surface area contributed by atoms with E-state index in [0.717, 1.165) is 23.1 Å². The summed E-state index contributed by atoms with van der Waals surface area (Å²) in [7, 11) is 0. The molecule has 0 aliphatic heterocycles. The first-order valence-electron chi connectivity index (χ1n) is 5.90. The third-order valence-corrected chi connectivity index (χ3v) is 3.63. The fourth-order valence-corrected chi connectivity index (χ4v) is 2.54. The number of carbonyl (C=O) groups is 1. The van der Waals surface area contributed by atoms with E-state index in [-0.39, 0.29) is 5.91 Å². The van der Waals surface area contributed by atoms with Gasteiger partial charge in [0.15, 0.2) is 0 Å². The van der Waals surface area contributed by atoms with Crippen molar-refractivity contribution in [3.05, 3.63) is 63.5 Å². The maximum Gasteiger partial charge on any atom is 0.292 e. The number of aromatic nitrogens is 3. The predicted molar refractivity (Wildman–Crippen MR) is 74.7 cm³/mol. The molecule has 1 N–H and O–H groups in total. The van der Waals surface area contributed by atoms with Crippen molar-refractivity contribution in [3.63, 3.8) is 0 Å². The second-order valence-corrected chi connectivity index (χ2v) is 5.09. The van der Waals surface area contributed by atoms with E-state index in [0.29, 0.717) is 16.4 Å². The summed E-state index contributed by atoms with van der Waals surface area (Å²) < 4.78 is 1.42. The van der Waals surface area contributed by atoms with E-state index in [2.05, 4.69) is 15.4 Å². The van der Waals surface area contributed by atoms with Crippen molar-refractivity contribution in [2.45, 2.75) is 6.54 Å². The highest BCUT2D eigenvalue weighted by Gasteiger charge is 2.11. The molecule has 6 nitrogen and oxygen atoms in total. The second kappa shape index (κ2) is 5.22. The lowest BCUT2D eigenvalue weighted by Gasteiger charge is -2.02. The molecule has 0 saturated carbocycles. The van der Waals surface area contributed by atoms with Gasteiger partial charge in [-0.1, -0.05) is 41.7 Å². The van der Waals surface area contributed by atoms with E-state index >= 15 is 0 Å². The highest BCUT2D eigenvalue weighted by molar-refractivity contribution is 7.18. The zero-order valence-corrected chi connectivity index (χ0v) is 11.1. The molecular formula is C13H10N4O2S. The molecule has 0 radical (unpaired) electrons. The van der Waals surface area contributed by atoms with Crippen molar-refractivity contribution in [3.8, 4) is 0 Å². The van der Waals surface area contributed by atoms with Gasteiger partial charge in [-0.3, -0.25) is 9.59 Å². The molecule has 0 aliphatic carbocycles. The SMILES string of the molecule is O=C(NCc1ccccc1)c1cn2ncc(=O)nc2s1. The average molecular weight is 286 g/mol. The number of nitrogens with zero attached hydrogens (tertiary/aromatic N) is 3. The molecule has 0 unspecified atom stereocenters. The van der Waals surface area contributed by atoms with Crippen molar-refractivity contribution in [2.24, 2.45) is 0 Å². The number of fused-ring (bicyclic) bond motifs is 1. The summed E-state index contributed by atoms with van der Waals surface area (Å²) in [6, 6.07) is 9.63. The van der Waals surface area contributed by atoms with Crippen LogP contribution in [-0.4, -0.2) is 20.5 Å². The lowest BCUT2D eigenvalue weighted by atomic mass is 10.2. The fraction of sp³-hybridized carbons (Fsp3) is 0.0769. The van der Waals surface area contributed by atoms with Crippen LogP contribution in [0.5, 0.6) is 0 Å². The lowest BCUT2D eigenvalue weighted by molar-refractivity contribution is 0.0954. The molecule has 20 heavy (non-hydrogen) atoms. The summed E-state index contributed by atoms with van der Waals surface area (Å²) in [5, 5.41) is 6.69. The Bertz CT molecular complexity index is 810. The van der Waals surface area contributed by atoms with Crippen molar-refractivity contribution < 1.29 is 4.79 Å². The standard InChI is InChI=1S/C13H10N4O2S/c18-11-7-15-17-8-10(20-13(17)16-11)12(19)14-6-9-4-2-1-3-5-9/h1-5,7-8H,6H2,(H,14,19). The van der Waals surface area contributed by atoms with E-state index in [4.69, 9.17) is 0 Å². The van der Waals surface area contributed by atoms with Crippen molar-refractivity contribution in [1.82, 2.24) is 19.9 Å². The van der Waals surface area contributed by atoms with Gasteiger partial charge >= 0.3 is 0 Å². The van der Waals surface area contributed by atoms with Crippen LogP contribution in [0.3, 0.4) is 0 Å². The lowest BCUT2D eigenvalue weighted by Crippen LogP contribution is -2.21. The molecule has 2 heterocycles. The van der Waals surface area contributed by atoms with Gasteiger partial charge in [0, 0.05) is 6.54 Å². The van der Waals surface area contributed by atoms with Gasteiger partial charge in [0.2, 0.25) is 4.96 Å². The summed E-state index contributed by atoms with van der Waals surface area (Å²) in [4.78, 5) is 27.8. The van der Waals surface area contributed by atoms with Crippen molar-refractivity contribution in [2.75, 3.05) is 0 Å². The molecule has 0 atom stereocenters. The highest BCUT2D eigenvalue weighted by atomic mass is 32.1. The van der Waals surface area contributed by atoms with Crippen LogP contribution in [0.1, 0.15) is 15.2 Å². The number of hydrogen-bond acceptors (Lipinski definition) is 5. The third-order valence-electron chi connectivity index (χ3n) is 2.65. The van der Waals surface area contributed by atoms with Crippen molar-refractivity contribution >= 4 is 22.2 Å². The molecule has 3 rings (SSSR count). The van der Waals surface area contributed by atoms with Crippen LogP contribution >= 0.6 is 11.3 Å². The average Bonchev–Trinajstić information content (AvgIpc) is 2.89. The Hall–Kier alpha value is -2.54. The maximum absolute atomic E-state index is 12.0. The Morgan fingerprint density at radius 2 is 2.10 bits per heavy atom. The molecular weight excluding hydrogens is 276 g/mol. The smallest absolute Gasteiger partial charge is 0.292 e. The molecule has 3 aromatic rings. The molecule has 1 amide bonds. The number of thiazole rings is 1. The first-order valence-corrected chi connectivity index (χ1v) is 6.72. The van der Waals surface area contributed by atoms with Gasteiger partial charge in [-0.15, -0.1) is 0 Å². The Kier molecular flexibility index (Phi) is 3.26. The Balaban J connectivity index is 1.77. The van der Waals surface area contributed by atoms with Crippen LogP contribution in [-0.2, 0) is 6.54 Å². The molecule has 0 aliphatic rings. The Morgan fingerprint density at radius 3 is 2.90 bits per heavy atom. The zero-order chi connectivity index (χ0) is 13.9. The third kappa shape index (κ3) is 2.57. The molecule has 100 valence electrons. The highest BCUT2D eigenvalue weighted by Crippen LogP contribution is 2.13. The van der Waals surface area contributed by atoms with Gasteiger partial charge < -0.3 is 5.32 Å². The van der Waals surface area contributed by atoms with Crippen molar-refractivity contribution in [1.29, 1.82) is 0 Å². The van der Waals surface area contributed by atoms with E-state index in [1.54, 1.807) is 6.20 Å². The topological polar surface area (TPSA) is 76.4 Å². The van der Waals surface area contributed by atoms with Crippen LogP contribution < -0.4 is 10.9 Å². The van der Waals surface area contributed by atoms with E-state index in [1.807, 2.05) is 30.3 Å². The van der Waals surface area contributed by atoms with E-state index < -0.39 is 5.56 Å². The van der Waals surface area contributed by atoms with E-state index in [9.17, 15) is 9.59 Å². The van der Waals surface area contributed by atoms with E-state index in [1.165, 1.54) is 4.52 Å². The Labute approximate surface area is 117 Å². The minimum atomic E-state index is -0.414. The van der Waals surface area contributed by atoms with Gasteiger partial charge in [-0.2, -0.15) is 10.1 Å². The summed E-state index contributed by atoms with van der Waals surface area (Å²) in [5.41, 5.74) is 0.607. The monoisotopic (exact) mass is 286 g/mol. The minimum Gasteiger partial charge on any atom is -0.347 e. The summed E-state index contributed by atoms with van der Waals surface area (Å²) in [6.45, 7) is 0.451. The molecule has 0 saturated heterocycles. The number of benzene rings is 1. The van der Waals surface area contributed by atoms with Gasteiger partial charge in [-0.25, -0.2) is 4.52 Å². The minimum absolute atomic E-state index is 0.210. The molecule has 0 bridgehead atoms. The number of nitrogens with one attached hydrogen (secondary N) is 1. The fourth-order valence-electron chi connectivity index (χ4n) is 1.70. The normalized spacial score (nSPS) is 10.6. The number of rotatable bonds is 3. The molecule has 1 aromatic carbocycles.